The molecule has 0 aromatic heterocycles. The SMILES string of the molecule is Cc1ccc(Br)cc1N(C)C(=O)c1ccc(CN)cc1. The van der Waals surface area contributed by atoms with Gasteiger partial charge in [-0.3, -0.25) is 4.79 Å². The zero-order valence-corrected chi connectivity index (χ0v) is 13.1. The first-order valence-electron chi connectivity index (χ1n) is 6.36. The number of benzene rings is 2. The van der Waals surface area contributed by atoms with E-state index in [1.807, 2.05) is 49.4 Å². The Hall–Kier alpha value is -1.65. The average molecular weight is 333 g/mol. The molecule has 0 aliphatic carbocycles. The predicted octanol–water partition coefficient (Wildman–Crippen LogP) is 3.49. The van der Waals surface area contributed by atoms with Crippen molar-refractivity contribution in [2.45, 2.75) is 13.5 Å². The van der Waals surface area contributed by atoms with Crippen molar-refractivity contribution in [2.24, 2.45) is 5.73 Å². The maximum Gasteiger partial charge on any atom is 0.258 e. The monoisotopic (exact) mass is 332 g/mol. The molecule has 0 radical (unpaired) electrons. The number of hydrogen-bond acceptors (Lipinski definition) is 2. The minimum atomic E-state index is -0.0326. The molecule has 2 aromatic carbocycles. The van der Waals surface area contributed by atoms with Gasteiger partial charge in [-0.05, 0) is 42.3 Å². The first-order valence-corrected chi connectivity index (χ1v) is 7.15. The summed E-state index contributed by atoms with van der Waals surface area (Å²) in [6, 6.07) is 13.3. The smallest absolute Gasteiger partial charge is 0.258 e. The van der Waals surface area contributed by atoms with Crippen molar-refractivity contribution in [3.05, 3.63) is 63.6 Å². The lowest BCUT2D eigenvalue weighted by molar-refractivity contribution is 0.0993. The van der Waals surface area contributed by atoms with E-state index >= 15 is 0 Å². The maximum absolute atomic E-state index is 12.5. The number of nitrogens with two attached hydrogens (primary N) is 1. The van der Waals surface area contributed by atoms with Gasteiger partial charge in [-0.25, -0.2) is 0 Å². The highest BCUT2D eigenvalue weighted by Gasteiger charge is 2.15. The Morgan fingerprint density at radius 2 is 1.85 bits per heavy atom. The van der Waals surface area contributed by atoms with Crippen molar-refractivity contribution in [3.8, 4) is 0 Å². The Morgan fingerprint density at radius 1 is 1.20 bits per heavy atom. The largest absolute Gasteiger partial charge is 0.326 e. The minimum Gasteiger partial charge on any atom is -0.326 e. The van der Waals surface area contributed by atoms with Crippen molar-refractivity contribution in [1.29, 1.82) is 0 Å². The Morgan fingerprint density at radius 3 is 2.45 bits per heavy atom. The number of carbonyl (C=O) groups is 1. The Labute approximate surface area is 127 Å². The third-order valence-corrected chi connectivity index (χ3v) is 3.77. The molecule has 0 aliphatic rings. The van der Waals surface area contributed by atoms with Gasteiger partial charge in [0.1, 0.15) is 0 Å². The van der Waals surface area contributed by atoms with Gasteiger partial charge in [-0.15, -0.1) is 0 Å². The van der Waals surface area contributed by atoms with Gasteiger partial charge < -0.3 is 10.6 Å². The molecule has 2 aromatic rings. The lowest BCUT2D eigenvalue weighted by atomic mass is 10.1. The van der Waals surface area contributed by atoms with Crippen LogP contribution in [0.1, 0.15) is 21.5 Å². The lowest BCUT2D eigenvalue weighted by Crippen LogP contribution is -2.26. The van der Waals surface area contributed by atoms with E-state index in [2.05, 4.69) is 15.9 Å². The second-order valence-electron chi connectivity index (χ2n) is 4.70. The molecule has 4 heteroatoms. The molecule has 104 valence electrons. The second kappa shape index (κ2) is 6.20. The van der Waals surface area contributed by atoms with E-state index in [1.165, 1.54) is 0 Å². The second-order valence-corrected chi connectivity index (χ2v) is 5.61. The van der Waals surface area contributed by atoms with E-state index in [9.17, 15) is 4.79 Å². The van der Waals surface area contributed by atoms with Gasteiger partial charge in [-0.2, -0.15) is 0 Å². The quantitative estimate of drug-likeness (QED) is 0.935. The van der Waals surface area contributed by atoms with E-state index < -0.39 is 0 Å². The van der Waals surface area contributed by atoms with Gasteiger partial charge in [0.15, 0.2) is 0 Å². The highest BCUT2D eigenvalue weighted by molar-refractivity contribution is 9.10. The summed E-state index contributed by atoms with van der Waals surface area (Å²) in [5.41, 5.74) is 9.19. The maximum atomic E-state index is 12.5. The number of hydrogen-bond donors (Lipinski definition) is 1. The molecule has 0 atom stereocenters. The van der Waals surface area contributed by atoms with Crippen LogP contribution in [0.15, 0.2) is 46.9 Å². The molecule has 2 rings (SSSR count). The fourth-order valence-electron chi connectivity index (χ4n) is 2.03. The van der Waals surface area contributed by atoms with E-state index in [0.29, 0.717) is 12.1 Å². The molecule has 3 nitrogen and oxygen atoms in total. The van der Waals surface area contributed by atoms with E-state index in [0.717, 1.165) is 21.3 Å². The van der Waals surface area contributed by atoms with Crippen LogP contribution in [0.3, 0.4) is 0 Å². The molecule has 0 saturated heterocycles. The number of halogens is 1. The number of rotatable bonds is 3. The zero-order valence-electron chi connectivity index (χ0n) is 11.6. The van der Waals surface area contributed by atoms with Gasteiger partial charge in [0.2, 0.25) is 0 Å². The van der Waals surface area contributed by atoms with Crippen LogP contribution >= 0.6 is 15.9 Å². The fourth-order valence-corrected chi connectivity index (χ4v) is 2.38. The van der Waals surface area contributed by atoms with Gasteiger partial charge >= 0.3 is 0 Å². The Bertz CT molecular complexity index is 623. The lowest BCUT2D eigenvalue weighted by Gasteiger charge is -2.20. The molecule has 2 N–H and O–H groups in total. The highest BCUT2D eigenvalue weighted by Crippen LogP contribution is 2.25. The van der Waals surface area contributed by atoms with Crippen molar-refractivity contribution < 1.29 is 4.79 Å². The molecule has 0 aliphatic heterocycles. The number of carbonyl (C=O) groups excluding carboxylic acids is 1. The molecule has 1 amide bonds. The highest BCUT2D eigenvalue weighted by atomic mass is 79.9. The molecule has 0 spiro atoms. The predicted molar refractivity (Wildman–Crippen MR) is 85.9 cm³/mol. The molecule has 0 unspecified atom stereocenters. The van der Waals surface area contributed by atoms with Crippen LogP contribution < -0.4 is 10.6 Å². The molecule has 0 fully saturated rings. The summed E-state index contributed by atoms with van der Waals surface area (Å²) in [6.45, 7) is 2.47. The third-order valence-electron chi connectivity index (χ3n) is 3.27. The molecular formula is C16H17BrN2O. The molecule has 0 saturated carbocycles. The summed E-state index contributed by atoms with van der Waals surface area (Å²) < 4.78 is 0.955. The van der Waals surface area contributed by atoms with Gasteiger partial charge in [-0.1, -0.05) is 34.1 Å². The van der Waals surface area contributed by atoms with Crippen molar-refractivity contribution in [2.75, 3.05) is 11.9 Å². The van der Waals surface area contributed by atoms with Crippen LogP contribution in [-0.4, -0.2) is 13.0 Å². The molecule has 0 heterocycles. The van der Waals surface area contributed by atoms with Crippen LogP contribution in [-0.2, 0) is 6.54 Å². The van der Waals surface area contributed by atoms with Crippen molar-refractivity contribution in [3.63, 3.8) is 0 Å². The molecule has 0 bridgehead atoms. The summed E-state index contributed by atoms with van der Waals surface area (Å²) in [5.74, 6) is -0.0326. The van der Waals surface area contributed by atoms with Crippen LogP contribution in [0.5, 0.6) is 0 Å². The van der Waals surface area contributed by atoms with E-state index in [1.54, 1.807) is 11.9 Å². The van der Waals surface area contributed by atoms with Gasteiger partial charge in [0.25, 0.3) is 5.91 Å². The zero-order chi connectivity index (χ0) is 14.7. The number of aryl methyl sites for hydroxylation is 1. The van der Waals surface area contributed by atoms with E-state index in [4.69, 9.17) is 5.73 Å². The van der Waals surface area contributed by atoms with Crippen LogP contribution in [0.4, 0.5) is 5.69 Å². The summed E-state index contributed by atoms with van der Waals surface area (Å²) in [6.07, 6.45) is 0. The van der Waals surface area contributed by atoms with Gasteiger partial charge in [0, 0.05) is 29.3 Å². The Kier molecular flexibility index (Phi) is 4.57. The van der Waals surface area contributed by atoms with Crippen LogP contribution in [0, 0.1) is 6.92 Å². The van der Waals surface area contributed by atoms with E-state index in [-0.39, 0.29) is 5.91 Å². The summed E-state index contributed by atoms with van der Waals surface area (Å²) in [4.78, 5) is 14.2. The fraction of sp³-hybridized carbons (Fsp3) is 0.188. The molecular weight excluding hydrogens is 316 g/mol. The Balaban J connectivity index is 2.29. The summed E-state index contributed by atoms with van der Waals surface area (Å²) in [5, 5.41) is 0. The first-order chi connectivity index (χ1) is 9.52. The first kappa shape index (κ1) is 14.8. The summed E-state index contributed by atoms with van der Waals surface area (Å²) >= 11 is 3.44. The molecule has 20 heavy (non-hydrogen) atoms. The van der Waals surface area contributed by atoms with Crippen molar-refractivity contribution in [1.82, 2.24) is 0 Å². The topological polar surface area (TPSA) is 46.3 Å². The standard InChI is InChI=1S/C16H17BrN2O/c1-11-3-8-14(17)9-15(11)19(2)16(20)13-6-4-12(10-18)5-7-13/h3-9H,10,18H2,1-2H3. The normalized spacial score (nSPS) is 10.4. The number of amides is 1. The van der Waals surface area contributed by atoms with Crippen LogP contribution in [0.2, 0.25) is 0 Å². The van der Waals surface area contributed by atoms with Gasteiger partial charge in [0.05, 0.1) is 0 Å². The van der Waals surface area contributed by atoms with Crippen LogP contribution in [0.25, 0.3) is 0 Å². The minimum absolute atomic E-state index is 0.0326. The summed E-state index contributed by atoms with van der Waals surface area (Å²) in [7, 11) is 1.79. The average Bonchev–Trinajstić information content (AvgIpc) is 2.48. The number of anilines is 1. The number of nitrogens with zero attached hydrogens (tertiary/aromatic N) is 1. The van der Waals surface area contributed by atoms with Crippen molar-refractivity contribution >= 4 is 27.5 Å². The third kappa shape index (κ3) is 3.08.